The zero-order chi connectivity index (χ0) is 23.1. The topological polar surface area (TPSA) is 53.1 Å². The molecular formula is C25H32ClN3O3. The average molecular weight is 458 g/mol. The summed E-state index contributed by atoms with van der Waals surface area (Å²) in [5, 5.41) is 0.608. The van der Waals surface area contributed by atoms with Gasteiger partial charge in [-0.25, -0.2) is 0 Å². The second-order valence-electron chi connectivity index (χ2n) is 8.68. The van der Waals surface area contributed by atoms with E-state index in [1.807, 2.05) is 73.4 Å². The lowest BCUT2D eigenvalue weighted by atomic mass is 9.90. The monoisotopic (exact) mass is 457 g/mol. The summed E-state index contributed by atoms with van der Waals surface area (Å²) in [5.41, 5.74) is 1.08. The van der Waals surface area contributed by atoms with Crippen LogP contribution in [0.25, 0.3) is 0 Å². The maximum atomic E-state index is 13.1. The molecule has 6 nitrogen and oxygen atoms in total. The van der Waals surface area contributed by atoms with Crippen LogP contribution in [0, 0.1) is 5.92 Å². The number of piperidine rings is 1. The second-order valence-corrected chi connectivity index (χ2v) is 9.12. The summed E-state index contributed by atoms with van der Waals surface area (Å²) >= 11 is 6.12. The van der Waals surface area contributed by atoms with Crippen molar-refractivity contribution < 1.29 is 14.3 Å². The molecule has 1 saturated heterocycles. The summed E-state index contributed by atoms with van der Waals surface area (Å²) < 4.78 is 6.25. The number of hydrogen-bond acceptors (Lipinski definition) is 4. The van der Waals surface area contributed by atoms with Crippen molar-refractivity contribution in [3.05, 3.63) is 65.2 Å². The Morgan fingerprint density at radius 2 is 1.84 bits per heavy atom. The number of amides is 2. The number of ether oxygens (including phenoxy) is 1. The minimum Gasteiger partial charge on any atom is -0.490 e. The Labute approximate surface area is 195 Å². The number of carbonyl (C=O) groups excluding carboxylic acids is 2. The molecular weight excluding hydrogens is 426 g/mol. The first-order valence-electron chi connectivity index (χ1n) is 10.9. The maximum Gasteiger partial charge on any atom is 0.236 e. The number of halogens is 1. The van der Waals surface area contributed by atoms with E-state index in [1.54, 1.807) is 17.0 Å². The molecule has 32 heavy (non-hydrogen) atoms. The molecule has 0 bridgehead atoms. The average Bonchev–Trinajstić information content (AvgIpc) is 2.75. The van der Waals surface area contributed by atoms with Gasteiger partial charge in [0.1, 0.15) is 11.9 Å². The molecule has 0 saturated carbocycles. The molecule has 2 atom stereocenters. The zero-order valence-corrected chi connectivity index (χ0v) is 19.8. The number of carbonyl (C=O) groups is 2. The number of likely N-dealkylation sites (N-methyl/N-ethyl adjacent to an activating group) is 1. The summed E-state index contributed by atoms with van der Waals surface area (Å²) in [6.07, 6.45) is 0.831. The Morgan fingerprint density at radius 3 is 2.53 bits per heavy atom. The van der Waals surface area contributed by atoms with Gasteiger partial charge in [0.05, 0.1) is 6.54 Å². The smallest absolute Gasteiger partial charge is 0.236 e. The SMILES string of the molecule is CN(C)CC(=O)N1CC[C@H](Oc2cccc(Cl)c2)[C@@H](CC(=O)N(C)Cc2ccccc2)C1. The van der Waals surface area contributed by atoms with E-state index < -0.39 is 0 Å². The Morgan fingerprint density at radius 1 is 1.09 bits per heavy atom. The van der Waals surface area contributed by atoms with Crippen LogP contribution in [0.1, 0.15) is 18.4 Å². The van der Waals surface area contributed by atoms with Crippen LogP contribution in [0.2, 0.25) is 5.02 Å². The van der Waals surface area contributed by atoms with Gasteiger partial charge < -0.3 is 19.4 Å². The molecule has 1 aliphatic rings. The van der Waals surface area contributed by atoms with E-state index in [0.717, 1.165) is 5.56 Å². The van der Waals surface area contributed by atoms with Crippen molar-refractivity contribution >= 4 is 23.4 Å². The normalized spacial score (nSPS) is 18.5. The third-order valence-corrected chi connectivity index (χ3v) is 5.91. The Hall–Kier alpha value is -2.57. The first kappa shape index (κ1) is 24.1. The summed E-state index contributed by atoms with van der Waals surface area (Å²) in [5.74, 6) is 0.706. The van der Waals surface area contributed by atoms with E-state index >= 15 is 0 Å². The molecule has 172 valence electrons. The van der Waals surface area contributed by atoms with E-state index in [-0.39, 0.29) is 23.8 Å². The van der Waals surface area contributed by atoms with Crippen LogP contribution in [-0.2, 0) is 16.1 Å². The third-order valence-electron chi connectivity index (χ3n) is 5.68. The summed E-state index contributed by atoms with van der Waals surface area (Å²) in [4.78, 5) is 31.2. The molecule has 1 fully saturated rings. The van der Waals surface area contributed by atoms with Crippen molar-refractivity contribution in [2.24, 2.45) is 5.92 Å². The number of hydrogen-bond donors (Lipinski definition) is 0. The molecule has 1 heterocycles. The molecule has 2 aromatic carbocycles. The quantitative estimate of drug-likeness (QED) is 0.608. The predicted octanol–water partition coefficient (Wildman–Crippen LogP) is 3.55. The Kier molecular flexibility index (Phi) is 8.53. The highest BCUT2D eigenvalue weighted by Gasteiger charge is 2.35. The molecule has 0 unspecified atom stereocenters. The minimum absolute atomic E-state index is 0.0421. The molecule has 0 aromatic heterocycles. The van der Waals surface area contributed by atoms with Crippen molar-refractivity contribution in [2.45, 2.75) is 25.5 Å². The molecule has 2 aromatic rings. The van der Waals surface area contributed by atoms with Crippen molar-refractivity contribution in [1.82, 2.24) is 14.7 Å². The van der Waals surface area contributed by atoms with Crippen LogP contribution in [-0.4, -0.2) is 73.4 Å². The lowest BCUT2D eigenvalue weighted by molar-refractivity contribution is -0.139. The summed E-state index contributed by atoms with van der Waals surface area (Å²) in [7, 11) is 5.58. The predicted molar refractivity (Wildman–Crippen MR) is 127 cm³/mol. The van der Waals surface area contributed by atoms with Crippen LogP contribution < -0.4 is 4.74 Å². The van der Waals surface area contributed by atoms with Crippen LogP contribution in [0.15, 0.2) is 54.6 Å². The zero-order valence-electron chi connectivity index (χ0n) is 19.0. The van der Waals surface area contributed by atoms with Gasteiger partial charge in [0.2, 0.25) is 11.8 Å². The molecule has 7 heteroatoms. The standard InChI is InChI=1S/C25H32ClN3O3/c1-27(2)18-25(31)29-13-12-23(32-22-11-7-10-21(26)15-22)20(17-29)14-24(30)28(3)16-19-8-5-4-6-9-19/h4-11,15,20,23H,12-14,16-18H2,1-3H3/t20-,23-/m0/s1. The molecule has 3 rings (SSSR count). The highest BCUT2D eigenvalue weighted by molar-refractivity contribution is 6.30. The number of likely N-dealkylation sites (tertiary alicyclic amines) is 1. The molecule has 0 aliphatic carbocycles. The minimum atomic E-state index is -0.161. The van der Waals surface area contributed by atoms with Crippen LogP contribution in [0.4, 0.5) is 0 Å². The van der Waals surface area contributed by atoms with Gasteiger partial charge in [-0.2, -0.15) is 0 Å². The van der Waals surface area contributed by atoms with E-state index in [0.29, 0.717) is 49.8 Å². The summed E-state index contributed by atoms with van der Waals surface area (Å²) in [6, 6.07) is 17.2. The van der Waals surface area contributed by atoms with Gasteiger partial charge >= 0.3 is 0 Å². The molecule has 2 amide bonds. The number of benzene rings is 2. The third kappa shape index (κ3) is 6.97. The van der Waals surface area contributed by atoms with Gasteiger partial charge in [0, 0.05) is 50.5 Å². The van der Waals surface area contributed by atoms with Crippen molar-refractivity contribution in [2.75, 3.05) is 40.8 Å². The highest BCUT2D eigenvalue weighted by atomic mass is 35.5. The van der Waals surface area contributed by atoms with Crippen molar-refractivity contribution in [3.8, 4) is 5.75 Å². The summed E-state index contributed by atoms with van der Waals surface area (Å²) in [6.45, 7) is 2.02. The van der Waals surface area contributed by atoms with Crippen LogP contribution >= 0.6 is 11.6 Å². The van der Waals surface area contributed by atoms with E-state index in [1.165, 1.54) is 0 Å². The largest absolute Gasteiger partial charge is 0.490 e. The molecule has 0 N–H and O–H groups in total. The Balaban J connectivity index is 1.70. The number of nitrogens with zero attached hydrogens (tertiary/aromatic N) is 3. The lowest BCUT2D eigenvalue weighted by Crippen LogP contribution is -2.51. The van der Waals surface area contributed by atoms with Gasteiger partial charge in [-0.05, 0) is 37.9 Å². The molecule has 0 spiro atoms. The van der Waals surface area contributed by atoms with Gasteiger partial charge in [0.15, 0.2) is 0 Å². The van der Waals surface area contributed by atoms with Crippen molar-refractivity contribution in [3.63, 3.8) is 0 Å². The first-order chi connectivity index (χ1) is 15.3. The van der Waals surface area contributed by atoms with Gasteiger partial charge in [-0.15, -0.1) is 0 Å². The first-order valence-corrected chi connectivity index (χ1v) is 11.3. The maximum absolute atomic E-state index is 13.1. The van der Waals surface area contributed by atoms with E-state index in [4.69, 9.17) is 16.3 Å². The lowest BCUT2D eigenvalue weighted by Gasteiger charge is -2.39. The van der Waals surface area contributed by atoms with Crippen molar-refractivity contribution in [1.29, 1.82) is 0 Å². The number of rotatable bonds is 8. The fourth-order valence-corrected chi connectivity index (χ4v) is 4.18. The van der Waals surface area contributed by atoms with E-state index in [2.05, 4.69) is 0 Å². The highest BCUT2D eigenvalue weighted by Crippen LogP contribution is 2.28. The fourth-order valence-electron chi connectivity index (χ4n) is 4.00. The fraction of sp³-hybridized carbons (Fsp3) is 0.440. The van der Waals surface area contributed by atoms with Crippen LogP contribution in [0.3, 0.4) is 0 Å². The molecule has 0 radical (unpaired) electrons. The van der Waals surface area contributed by atoms with E-state index in [9.17, 15) is 9.59 Å². The van der Waals surface area contributed by atoms with Gasteiger partial charge in [-0.1, -0.05) is 48.0 Å². The second kappa shape index (κ2) is 11.3. The van der Waals surface area contributed by atoms with Gasteiger partial charge in [0.25, 0.3) is 0 Å². The van der Waals surface area contributed by atoms with Gasteiger partial charge in [-0.3, -0.25) is 9.59 Å². The Bertz CT molecular complexity index is 906. The molecule has 1 aliphatic heterocycles. The van der Waals surface area contributed by atoms with Crippen LogP contribution in [0.5, 0.6) is 5.75 Å².